The van der Waals surface area contributed by atoms with E-state index in [1.807, 2.05) is 19.1 Å². The number of nitrogens with one attached hydrogen (secondary N) is 2. The highest BCUT2D eigenvalue weighted by atomic mass is 127. The van der Waals surface area contributed by atoms with Crippen molar-refractivity contribution in [2.75, 3.05) is 52.4 Å². The number of alkyl halides is 3. The number of guanidine groups is 1. The Morgan fingerprint density at radius 1 is 1.06 bits per heavy atom. The molecule has 0 spiro atoms. The summed E-state index contributed by atoms with van der Waals surface area (Å²) in [6.07, 6.45) is -4.30. The third-order valence-corrected chi connectivity index (χ3v) is 5.36. The zero-order valence-electron chi connectivity index (χ0n) is 19.2. The van der Waals surface area contributed by atoms with Crippen molar-refractivity contribution >= 4 is 29.9 Å². The highest BCUT2D eigenvalue weighted by molar-refractivity contribution is 14.0. The zero-order valence-corrected chi connectivity index (χ0v) is 21.6. The minimum atomic E-state index is -4.30. The van der Waals surface area contributed by atoms with Crippen LogP contribution in [-0.2, 0) is 17.9 Å². The minimum absolute atomic E-state index is 0. The summed E-state index contributed by atoms with van der Waals surface area (Å²) in [5.41, 5.74) is 1.69. The molecule has 0 radical (unpaired) electrons. The van der Waals surface area contributed by atoms with Crippen molar-refractivity contribution in [1.29, 1.82) is 0 Å². The number of hydrogen-bond acceptors (Lipinski definition) is 4. The van der Waals surface area contributed by atoms with E-state index in [2.05, 4.69) is 39.3 Å². The monoisotopic (exact) mass is 571 g/mol. The fraction of sp³-hybridized carbons (Fsp3) is 0.682. The second-order valence-electron chi connectivity index (χ2n) is 7.82. The summed E-state index contributed by atoms with van der Waals surface area (Å²) in [6.45, 7) is 12.8. The third-order valence-electron chi connectivity index (χ3n) is 5.36. The number of likely N-dealkylation sites (N-methyl/N-ethyl adjacent to an activating group) is 1. The molecular weight excluding hydrogens is 534 g/mol. The molecule has 1 aliphatic heterocycles. The van der Waals surface area contributed by atoms with Gasteiger partial charge in [-0.3, -0.25) is 4.90 Å². The molecule has 2 N–H and O–H groups in total. The van der Waals surface area contributed by atoms with Crippen LogP contribution in [0.4, 0.5) is 13.2 Å². The Morgan fingerprint density at radius 2 is 1.69 bits per heavy atom. The molecule has 32 heavy (non-hydrogen) atoms. The molecule has 2 rings (SSSR count). The quantitative estimate of drug-likeness (QED) is 0.256. The molecule has 184 valence electrons. The lowest BCUT2D eigenvalue weighted by atomic mass is 10.1. The van der Waals surface area contributed by atoms with Crippen LogP contribution in [0.1, 0.15) is 31.9 Å². The average molecular weight is 571 g/mol. The van der Waals surface area contributed by atoms with Gasteiger partial charge in [0, 0.05) is 45.3 Å². The Balaban J connectivity index is 0.00000512. The van der Waals surface area contributed by atoms with E-state index in [4.69, 9.17) is 4.74 Å². The van der Waals surface area contributed by atoms with Crippen molar-refractivity contribution in [2.24, 2.45) is 4.99 Å². The van der Waals surface area contributed by atoms with Gasteiger partial charge >= 0.3 is 6.18 Å². The summed E-state index contributed by atoms with van der Waals surface area (Å²) in [5.74, 6) is 0.763. The van der Waals surface area contributed by atoms with Gasteiger partial charge in [0.15, 0.2) is 5.96 Å². The summed E-state index contributed by atoms with van der Waals surface area (Å²) >= 11 is 0. The molecule has 1 atom stereocenters. The van der Waals surface area contributed by atoms with Crippen LogP contribution in [0.25, 0.3) is 0 Å². The number of rotatable bonds is 10. The smallest absolute Gasteiger partial charge is 0.367 e. The Bertz CT molecular complexity index is 665. The molecule has 1 heterocycles. The number of ether oxygens (including phenoxy) is 1. The van der Waals surface area contributed by atoms with Gasteiger partial charge in [-0.15, -0.1) is 24.0 Å². The molecule has 6 nitrogen and oxygen atoms in total. The van der Waals surface area contributed by atoms with Gasteiger partial charge in [0.25, 0.3) is 0 Å². The molecule has 0 aliphatic carbocycles. The Hall–Kier alpha value is -1.11. The van der Waals surface area contributed by atoms with Gasteiger partial charge in [-0.2, -0.15) is 13.2 Å². The first-order chi connectivity index (χ1) is 14.8. The fourth-order valence-corrected chi connectivity index (χ4v) is 3.43. The van der Waals surface area contributed by atoms with E-state index < -0.39 is 12.8 Å². The predicted octanol–water partition coefficient (Wildman–Crippen LogP) is 3.46. The summed E-state index contributed by atoms with van der Waals surface area (Å²) in [5, 5.41) is 6.69. The van der Waals surface area contributed by atoms with Crippen molar-refractivity contribution in [2.45, 2.75) is 46.1 Å². The topological polar surface area (TPSA) is 52.1 Å². The molecule has 1 aromatic rings. The Kier molecular flexibility index (Phi) is 13.5. The van der Waals surface area contributed by atoms with Crippen LogP contribution >= 0.6 is 24.0 Å². The predicted molar refractivity (Wildman–Crippen MR) is 134 cm³/mol. The first-order valence-electron chi connectivity index (χ1n) is 11.0. The first-order valence-corrected chi connectivity index (χ1v) is 11.0. The van der Waals surface area contributed by atoms with E-state index in [-0.39, 0.29) is 30.6 Å². The molecular formula is C22H37F3IN5O. The minimum Gasteiger partial charge on any atom is -0.367 e. The number of hydrogen-bond donors (Lipinski definition) is 2. The zero-order chi connectivity index (χ0) is 22.7. The molecule has 0 saturated carbocycles. The molecule has 1 aliphatic rings. The lowest BCUT2D eigenvalue weighted by Crippen LogP contribution is -2.53. The van der Waals surface area contributed by atoms with Gasteiger partial charge < -0.3 is 20.3 Å². The van der Waals surface area contributed by atoms with Gasteiger partial charge in [-0.05, 0) is 31.5 Å². The maximum absolute atomic E-state index is 12.2. The number of halogens is 4. The van der Waals surface area contributed by atoms with E-state index in [1.165, 1.54) is 0 Å². The molecule has 1 unspecified atom stereocenters. The van der Waals surface area contributed by atoms with Crippen molar-refractivity contribution in [3.63, 3.8) is 0 Å². The maximum atomic E-state index is 12.2. The van der Waals surface area contributed by atoms with Gasteiger partial charge in [0.2, 0.25) is 0 Å². The Morgan fingerprint density at radius 3 is 2.25 bits per heavy atom. The second-order valence-corrected chi connectivity index (χ2v) is 7.82. The van der Waals surface area contributed by atoms with Crippen molar-refractivity contribution in [1.82, 2.24) is 20.4 Å². The molecule has 0 aromatic heterocycles. The second kappa shape index (κ2) is 14.9. The van der Waals surface area contributed by atoms with Gasteiger partial charge in [-0.25, -0.2) is 4.99 Å². The van der Waals surface area contributed by atoms with Crippen LogP contribution in [0.3, 0.4) is 0 Å². The Labute approximate surface area is 207 Å². The van der Waals surface area contributed by atoms with Crippen LogP contribution in [0, 0.1) is 0 Å². The van der Waals surface area contributed by atoms with Crippen molar-refractivity contribution in [3.8, 4) is 0 Å². The van der Waals surface area contributed by atoms with Crippen LogP contribution in [0.2, 0.25) is 0 Å². The van der Waals surface area contributed by atoms with Crippen molar-refractivity contribution < 1.29 is 17.9 Å². The van der Waals surface area contributed by atoms with Crippen LogP contribution < -0.4 is 10.6 Å². The molecule has 0 amide bonds. The normalized spacial score (nSPS) is 17.0. The van der Waals surface area contributed by atoms with Crippen LogP contribution in [0.5, 0.6) is 0 Å². The average Bonchev–Trinajstić information content (AvgIpc) is 2.75. The molecule has 0 bridgehead atoms. The van der Waals surface area contributed by atoms with E-state index >= 15 is 0 Å². The summed E-state index contributed by atoms with van der Waals surface area (Å²) in [7, 11) is 0. The van der Waals surface area contributed by atoms with E-state index in [1.54, 1.807) is 12.1 Å². The van der Waals surface area contributed by atoms with E-state index in [0.717, 1.165) is 57.3 Å². The standard InChI is InChI=1S/C22H36F3N5O.HI/c1-4-26-21(27-14-18(3)30-12-10-29(5-2)11-13-30)28-15-19-6-8-20(9-7-19)16-31-17-22(23,24)25;/h6-9,18H,4-5,10-17H2,1-3H3,(H2,26,27,28);1H. The van der Waals surface area contributed by atoms with Gasteiger partial charge in [0.05, 0.1) is 13.2 Å². The maximum Gasteiger partial charge on any atom is 0.411 e. The summed E-state index contributed by atoms with van der Waals surface area (Å²) in [4.78, 5) is 9.61. The number of benzene rings is 1. The lowest BCUT2D eigenvalue weighted by Gasteiger charge is -2.37. The van der Waals surface area contributed by atoms with E-state index in [0.29, 0.717) is 18.2 Å². The van der Waals surface area contributed by atoms with E-state index in [9.17, 15) is 13.2 Å². The molecule has 1 aromatic carbocycles. The first kappa shape index (κ1) is 28.9. The molecule has 1 fully saturated rings. The summed E-state index contributed by atoms with van der Waals surface area (Å²) < 4.78 is 41.2. The van der Waals surface area contributed by atoms with Crippen LogP contribution in [0.15, 0.2) is 29.3 Å². The highest BCUT2D eigenvalue weighted by Gasteiger charge is 2.27. The van der Waals surface area contributed by atoms with Crippen molar-refractivity contribution in [3.05, 3.63) is 35.4 Å². The molecule has 1 saturated heterocycles. The SMILES string of the molecule is CCNC(=NCc1ccc(COCC(F)(F)F)cc1)NCC(C)N1CCN(CC)CC1.I. The van der Waals surface area contributed by atoms with Gasteiger partial charge in [0.1, 0.15) is 6.61 Å². The number of piperazine rings is 1. The van der Waals surface area contributed by atoms with Gasteiger partial charge in [-0.1, -0.05) is 31.2 Å². The van der Waals surface area contributed by atoms with Crippen LogP contribution in [-0.4, -0.2) is 80.4 Å². The molecule has 10 heteroatoms. The fourth-order valence-electron chi connectivity index (χ4n) is 3.43. The lowest BCUT2D eigenvalue weighted by molar-refractivity contribution is -0.176. The third kappa shape index (κ3) is 11.2. The number of nitrogens with zero attached hydrogens (tertiary/aromatic N) is 3. The summed E-state index contributed by atoms with van der Waals surface area (Å²) in [6, 6.07) is 7.71. The highest BCUT2D eigenvalue weighted by Crippen LogP contribution is 2.16. The number of aliphatic imine (C=N–C) groups is 1. The largest absolute Gasteiger partial charge is 0.411 e.